The maximum atomic E-state index is 11.0. The molecule has 0 spiro atoms. The molecule has 7 heteroatoms. The molecule has 1 rings (SSSR count). The Balaban J connectivity index is 2.35. The monoisotopic (exact) mass is 238 g/mol. The standard InChI is InChI=1S/C8H14O6S/c1-2-4-12-8(9)14-7-3-5-13-15(10,11)6-7/h7H,2-6H2,1H3. The topological polar surface area (TPSA) is 78.9 Å². The van der Waals surface area contributed by atoms with E-state index >= 15 is 0 Å². The molecule has 1 heterocycles. The molecule has 1 unspecified atom stereocenters. The van der Waals surface area contributed by atoms with Crippen LogP contribution in [-0.2, 0) is 23.8 Å². The molecular weight excluding hydrogens is 224 g/mol. The molecule has 0 aliphatic carbocycles. The summed E-state index contributed by atoms with van der Waals surface area (Å²) in [7, 11) is -3.53. The van der Waals surface area contributed by atoms with Gasteiger partial charge in [0, 0.05) is 6.42 Å². The maximum Gasteiger partial charge on any atom is 0.508 e. The Labute approximate surface area is 88.6 Å². The van der Waals surface area contributed by atoms with E-state index in [9.17, 15) is 13.2 Å². The lowest BCUT2D eigenvalue weighted by molar-refractivity contribution is 0.0193. The number of carbonyl (C=O) groups excluding carboxylic acids is 1. The third-order valence-corrected chi connectivity index (χ3v) is 3.09. The van der Waals surface area contributed by atoms with Crippen molar-refractivity contribution in [3.8, 4) is 0 Å². The van der Waals surface area contributed by atoms with Gasteiger partial charge in [-0.3, -0.25) is 4.18 Å². The quantitative estimate of drug-likeness (QED) is 0.531. The molecule has 0 radical (unpaired) electrons. The number of hydrogen-bond donors (Lipinski definition) is 0. The van der Waals surface area contributed by atoms with Gasteiger partial charge < -0.3 is 9.47 Å². The number of rotatable bonds is 3. The van der Waals surface area contributed by atoms with E-state index in [1.807, 2.05) is 6.92 Å². The van der Waals surface area contributed by atoms with Crippen molar-refractivity contribution in [3.05, 3.63) is 0 Å². The largest absolute Gasteiger partial charge is 0.508 e. The van der Waals surface area contributed by atoms with Crippen LogP contribution in [0.5, 0.6) is 0 Å². The minimum Gasteiger partial charge on any atom is -0.434 e. The third-order valence-electron chi connectivity index (χ3n) is 1.78. The maximum absolute atomic E-state index is 11.0. The Bertz CT molecular complexity index is 309. The summed E-state index contributed by atoms with van der Waals surface area (Å²) in [4.78, 5) is 11.0. The summed E-state index contributed by atoms with van der Waals surface area (Å²) in [5.41, 5.74) is 0. The van der Waals surface area contributed by atoms with Gasteiger partial charge in [0.05, 0.1) is 13.2 Å². The zero-order valence-electron chi connectivity index (χ0n) is 8.47. The van der Waals surface area contributed by atoms with E-state index in [1.165, 1.54) is 0 Å². The van der Waals surface area contributed by atoms with Gasteiger partial charge in [-0.05, 0) is 6.42 Å². The highest BCUT2D eigenvalue weighted by Gasteiger charge is 2.28. The van der Waals surface area contributed by atoms with Crippen molar-refractivity contribution in [1.82, 2.24) is 0 Å². The average molecular weight is 238 g/mol. The molecule has 88 valence electrons. The molecular formula is C8H14O6S. The van der Waals surface area contributed by atoms with E-state index in [0.717, 1.165) is 0 Å². The van der Waals surface area contributed by atoms with Gasteiger partial charge in [-0.15, -0.1) is 0 Å². The van der Waals surface area contributed by atoms with E-state index in [-0.39, 0.29) is 19.0 Å². The van der Waals surface area contributed by atoms with Crippen molar-refractivity contribution in [3.63, 3.8) is 0 Å². The average Bonchev–Trinajstić information content (AvgIpc) is 2.13. The highest BCUT2D eigenvalue weighted by Crippen LogP contribution is 2.13. The van der Waals surface area contributed by atoms with Gasteiger partial charge in [0.1, 0.15) is 11.9 Å². The zero-order valence-corrected chi connectivity index (χ0v) is 9.29. The van der Waals surface area contributed by atoms with Crippen LogP contribution in [0.15, 0.2) is 0 Å². The van der Waals surface area contributed by atoms with Crippen molar-refractivity contribution < 1.29 is 26.9 Å². The Kier molecular flexibility index (Phi) is 4.34. The first-order valence-corrected chi connectivity index (χ1v) is 6.32. The van der Waals surface area contributed by atoms with Gasteiger partial charge in [0.15, 0.2) is 0 Å². The van der Waals surface area contributed by atoms with E-state index < -0.39 is 22.4 Å². The van der Waals surface area contributed by atoms with Gasteiger partial charge in [0.2, 0.25) is 0 Å². The van der Waals surface area contributed by atoms with Gasteiger partial charge in [-0.2, -0.15) is 8.42 Å². The molecule has 15 heavy (non-hydrogen) atoms. The van der Waals surface area contributed by atoms with Crippen LogP contribution in [0, 0.1) is 0 Å². The molecule has 0 aromatic carbocycles. The molecule has 1 fully saturated rings. The Morgan fingerprint density at radius 2 is 2.27 bits per heavy atom. The van der Waals surface area contributed by atoms with E-state index in [4.69, 9.17) is 4.74 Å². The van der Waals surface area contributed by atoms with Gasteiger partial charge >= 0.3 is 6.16 Å². The minimum absolute atomic E-state index is 0.0497. The highest BCUT2D eigenvalue weighted by atomic mass is 32.2. The SMILES string of the molecule is CCCOC(=O)OC1CCOS(=O)(=O)C1. The van der Waals surface area contributed by atoms with Crippen LogP contribution < -0.4 is 0 Å². The molecule has 0 bridgehead atoms. The Morgan fingerprint density at radius 3 is 2.87 bits per heavy atom. The summed E-state index contributed by atoms with van der Waals surface area (Å²) in [6, 6.07) is 0. The first kappa shape index (κ1) is 12.3. The van der Waals surface area contributed by atoms with Crippen molar-refractivity contribution in [2.45, 2.75) is 25.9 Å². The second kappa shape index (κ2) is 5.32. The molecule has 0 saturated carbocycles. The minimum atomic E-state index is -3.53. The lowest BCUT2D eigenvalue weighted by Crippen LogP contribution is -2.34. The summed E-state index contributed by atoms with van der Waals surface area (Å²) in [5.74, 6) is -0.297. The van der Waals surface area contributed by atoms with E-state index in [1.54, 1.807) is 0 Å². The van der Waals surface area contributed by atoms with Crippen molar-refractivity contribution in [2.24, 2.45) is 0 Å². The predicted molar refractivity (Wildman–Crippen MR) is 50.9 cm³/mol. The van der Waals surface area contributed by atoms with Crippen LogP contribution in [-0.4, -0.2) is 39.6 Å². The molecule has 0 aromatic heterocycles. The van der Waals surface area contributed by atoms with Crippen LogP contribution >= 0.6 is 0 Å². The summed E-state index contributed by atoms with van der Waals surface area (Å²) in [6.07, 6.45) is -0.409. The molecule has 1 saturated heterocycles. The Morgan fingerprint density at radius 1 is 1.53 bits per heavy atom. The molecule has 0 amide bonds. The molecule has 6 nitrogen and oxygen atoms in total. The fourth-order valence-electron chi connectivity index (χ4n) is 1.11. The van der Waals surface area contributed by atoms with Crippen LogP contribution in [0.4, 0.5) is 4.79 Å². The zero-order chi connectivity index (χ0) is 11.3. The smallest absolute Gasteiger partial charge is 0.434 e. The first-order valence-electron chi connectivity index (χ1n) is 4.74. The van der Waals surface area contributed by atoms with Crippen molar-refractivity contribution in [1.29, 1.82) is 0 Å². The molecule has 0 N–H and O–H groups in total. The van der Waals surface area contributed by atoms with Gasteiger partial charge in [-0.25, -0.2) is 4.79 Å². The second-order valence-corrected chi connectivity index (χ2v) is 4.86. The van der Waals surface area contributed by atoms with Gasteiger partial charge in [0.25, 0.3) is 10.1 Å². The van der Waals surface area contributed by atoms with Crippen LogP contribution in [0.1, 0.15) is 19.8 Å². The summed E-state index contributed by atoms with van der Waals surface area (Å²) < 4.78 is 36.0. The van der Waals surface area contributed by atoms with Gasteiger partial charge in [-0.1, -0.05) is 6.92 Å². The first-order chi connectivity index (χ1) is 7.03. The third kappa shape index (κ3) is 4.48. The highest BCUT2D eigenvalue weighted by molar-refractivity contribution is 7.86. The number of ether oxygens (including phenoxy) is 2. The molecule has 1 aliphatic rings. The van der Waals surface area contributed by atoms with Crippen LogP contribution in [0.25, 0.3) is 0 Å². The lowest BCUT2D eigenvalue weighted by atomic mass is 10.3. The van der Waals surface area contributed by atoms with E-state index in [0.29, 0.717) is 12.8 Å². The molecule has 1 aliphatic heterocycles. The van der Waals surface area contributed by atoms with Crippen LogP contribution in [0.2, 0.25) is 0 Å². The molecule has 0 aromatic rings. The Hall–Kier alpha value is -0.820. The number of carbonyl (C=O) groups is 1. The van der Waals surface area contributed by atoms with Crippen molar-refractivity contribution >= 4 is 16.3 Å². The van der Waals surface area contributed by atoms with Crippen LogP contribution in [0.3, 0.4) is 0 Å². The lowest BCUT2D eigenvalue weighted by Gasteiger charge is -2.21. The van der Waals surface area contributed by atoms with Crippen molar-refractivity contribution in [2.75, 3.05) is 19.0 Å². The summed E-state index contributed by atoms with van der Waals surface area (Å²) >= 11 is 0. The normalized spacial score (nSPS) is 24.5. The fourth-order valence-corrected chi connectivity index (χ4v) is 2.25. The van der Waals surface area contributed by atoms with E-state index in [2.05, 4.69) is 8.92 Å². The second-order valence-electron chi connectivity index (χ2n) is 3.17. The molecule has 1 atom stereocenters. The summed E-state index contributed by atoms with van der Waals surface area (Å²) in [5, 5.41) is 0. The fraction of sp³-hybridized carbons (Fsp3) is 0.875. The summed E-state index contributed by atoms with van der Waals surface area (Å²) in [6.45, 7) is 2.18. The predicted octanol–water partition coefficient (Wildman–Crippen LogP) is 0.668. The number of hydrogen-bond acceptors (Lipinski definition) is 6.